The van der Waals surface area contributed by atoms with Crippen molar-refractivity contribution in [1.82, 2.24) is 9.88 Å². The molecule has 0 spiro atoms. The van der Waals surface area contributed by atoms with Crippen LogP contribution in [0.25, 0.3) is 10.9 Å². The Morgan fingerprint density at radius 2 is 2.04 bits per heavy atom. The first-order chi connectivity index (χ1) is 11.8. The van der Waals surface area contributed by atoms with Gasteiger partial charge in [0.05, 0.1) is 11.6 Å². The van der Waals surface area contributed by atoms with Gasteiger partial charge in [-0.15, -0.1) is 0 Å². The molecule has 2 saturated heterocycles. The fourth-order valence-corrected chi connectivity index (χ4v) is 3.72. The summed E-state index contributed by atoms with van der Waals surface area (Å²) in [6.45, 7) is 6.01. The molecule has 5 heteroatoms. The lowest BCUT2D eigenvalue weighted by Gasteiger charge is -2.37. The van der Waals surface area contributed by atoms with E-state index in [0.29, 0.717) is 11.8 Å². The Balaban J connectivity index is 1.51. The van der Waals surface area contributed by atoms with E-state index in [0.717, 1.165) is 55.9 Å². The van der Waals surface area contributed by atoms with Gasteiger partial charge < -0.3 is 9.64 Å². The highest BCUT2D eigenvalue weighted by atomic mass is 16.5. The van der Waals surface area contributed by atoms with Crippen LogP contribution in [0.2, 0.25) is 0 Å². The molecule has 4 rings (SSSR count). The van der Waals surface area contributed by atoms with Crippen LogP contribution in [-0.2, 0) is 4.74 Å². The summed E-state index contributed by atoms with van der Waals surface area (Å²) in [6, 6.07) is 12.2. The number of para-hydroxylation sites is 1. The van der Waals surface area contributed by atoms with Crippen molar-refractivity contribution in [2.24, 2.45) is 0 Å². The Morgan fingerprint density at radius 1 is 1.21 bits per heavy atom. The molecule has 5 nitrogen and oxygen atoms in total. The summed E-state index contributed by atoms with van der Waals surface area (Å²) < 4.78 is 5.76. The van der Waals surface area contributed by atoms with E-state index in [9.17, 15) is 5.26 Å². The molecular formula is C19H22N4O. The molecule has 24 heavy (non-hydrogen) atoms. The van der Waals surface area contributed by atoms with Gasteiger partial charge in [0.2, 0.25) is 0 Å². The number of aromatic nitrogens is 1. The molecule has 1 atom stereocenters. The van der Waals surface area contributed by atoms with Gasteiger partial charge in [-0.2, -0.15) is 5.26 Å². The number of nitriles is 1. The van der Waals surface area contributed by atoms with Crippen LogP contribution >= 0.6 is 0 Å². The van der Waals surface area contributed by atoms with Crippen LogP contribution in [0.4, 0.5) is 5.69 Å². The van der Waals surface area contributed by atoms with E-state index >= 15 is 0 Å². The lowest BCUT2D eigenvalue weighted by molar-refractivity contribution is 0.0713. The number of hydrogen-bond donors (Lipinski definition) is 0. The predicted molar refractivity (Wildman–Crippen MR) is 94.1 cm³/mol. The topological polar surface area (TPSA) is 52.4 Å². The van der Waals surface area contributed by atoms with E-state index in [1.165, 1.54) is 12.8 Å². The molecule has 0 amide bonds. The lowest BCUT2D eigenvalue weighted by atomic mass is 10.1. The predicted octanol–water partition coefficient (Wildman–Crippen LogP) is 2.41. The third-order valence-electron chi connectivity index (χ3n) is 5.01. The molecule has 0 saturated carbocycles. The Morgan fingerprint density at radius 3 is 2.79 bits per heavy atom. The van der Waals surface area contributed by atoms with E-state index in [2.05, 4.69) is 26.9 Å². The second-order valence-corrected chi connectivity index (χ2v) is 6.58. The van der Waals surface area contributed by atoms with Gasteiger partial charge in [-0.3, -0.25) is 4.90 Å². The SMILES string of the molecule is N#Cc1cc(N2CCN(C[C@H]3CCCO3)CC2)c2ccccc2n1. The van der Waals surface area contributed by atoms with Gasteiger partial charge in [0.15, 0.2) is 0 Å². The Hall–Kier alpha value is -2.16. The Kier molecular flexibility index (Phi) is 4.33. The third kappa shape index (κ3) is 3.08. The first kappa shape index (κ1) is 15.4. The number of anilines is 1. The third-order valence-corrected chi connectivity index (χ3v) is 5.01. The highest BCUT2D eigenvalue weighted by Gasteiger charge is 2.24. The monoisotopic (exact) mass is 322 g/mol. The highest BCUT2D eigenvalue weighted by molar-refractivity contribution is 5.92. The molecule has 3 heterocycles. The van der Waals surface area contributed by atoms with Crippen molar-refractivity contribution in [3.63, 3.8) is 0 Å². The van der Waals surface area contributed by atoms with Crippen LogP contribution in [0.15, 0.2) is 30.3 Å². The van der Waals surface area contributed by atoms with E-state index in [-0.39, 0.29) is 0 Å². The zero-order valence-corrected chi connectivity index (χ0v) is 13.8. The van der Waals surface area contributed by atoms with Crippen LogP contribution in [0.1, 0.15) is 18.5 Å². The molecule has 1 aromatic heterocycles. The summed E-state index contributed by atoms with van der Waals surface area (Å²) >= 11 is 0. The standard InChI is InChI=1S/C19H22N4O/c20-13-15-12-19(17-5-1-2-6-18(17)21-15)23-9-7-22(8-10-23)14-16-4-3-11-24-16/h1-2,5-6,12,16H,3-4,7-11,14H2/t16-/m1/s1. The summed E-state index contributed by atoms with van der Waals surface area (Å²) in [4.78, 5) is 9.30. The molecule has 0 unspecified atom stereocenters. The normalized spacial score (nSPS) is 22.0. The molecular weight excluding hydrogens is 300 g/mol. The van der Waals surface area contributed by atoms with Crippen LogP contribution in [-0.4, -0.2) is 55.3 Å². The fourth-order valence-electron chi connectivity index (χ4n) is 3.72. The molecule has 0 aliphatic carbocycles. The van der Waals surface area contributed by atoms with Crippen molar-refractivity contribution >= 4 is 16.6 Å². The zero-order valence-electron chi connectivity index (χ0n) is 13.8. The summed E-state index contributed by atoms with van der Waals surface area (Å²) in [5, 5.41) is 10.4. The molecule has 0 N–H and O–H groups in total. The lowest BCUT2D eigenvalue weighted by Crippen LogP contribution is -2.48. The van der Waals surface area contributed by atoms with Gasteiger partial charge >= 0.3 is 0 Å². The molecule has 0 radical (unpaired) electrons. The van der Waals surface area contributed by atoms with Crippen LogP contribution in [0.5, 0.6) is 0 Å². The van der Waals surface area contributed by atoms with Gasteiger partial charge in [0.25, 0.3) is 0 Å². The number of benzene rings is 1. The Labute approximate surface area is 142 Å². The minimum Gasteiger partial charge on any atom is -0.377 e. The maximum absolute atomic E-state index is 9.27. The van der Waals surface area contributed by atoms with Gasteiger partial charge in [-0.25, -0.2) is 4.98 Å². The number of fused-ring (bicyclic) bond motifs is 1. The van der Waals surface area contributed by atoms with E-state index in [1.807, 2.05) is 24.3 Å². The average molecular weight is 322 g/mol. The molecule has 0 bridgehead atoms. The number of nitrogens with zero attached hydrogens (tertiary/aromatic N) is 4. The first-order valence-corrected chi connectivity index (χ1v) is 8.72. The fraction of sp³-hybridized carbons (Fsp3) is 0.474. The van der Waals surface area contributed by atoms with Gasteiger partial charge in [-0.1, -0.05) is 18.2 Å². The summed E-state index contributed by atoms with van der Waals surface area (Å²) in [5.74, 6) is 0. The molecule has 1 aromatic carbocycles. The number of rotatable bonds is 3. The van der Waals surface area contributed by atoms with Crippen molar-refractivity contribution in [1.29, 1.82) is 5.26 Å². The number of hydrogen-bond acceptors (Lipinski definition) is 5. The molecule has 2 aliphatic rings. The van der Waals surface area contributed by atoms with Crippen molar-refractivity contribution in [3.05, 3.63) is 36.0 Å². The van der Waals surface area contributed by atoms with Gasteiger partial charge in [0.1, 0.15) is 11.8 Å². The summed E-state index contributed by atoms with van der Waals surface area (Å²) in [7, 11) is 0. The zero-order chi connectivity index (χ0) is 16.4. The second-order valence-electron chi connectivity index (χ2n) is 6.58. The first-order valence-electron chi connectivity index (χ1n) is 8.72. The van der Waals surface area contributed by atoms with Crippen molar-refractivity contribution in [3.8, 4) is 6.07 Å². The molecule has 2 fully saturated rings. The molecule has 2 aromatic rings. The molecule has 2 aliphatic heterocycles. The maximum atomic E-state index is 9.27. The van der Waals surface area contributed by atoms with Gasteiger partial charge in [0, 0.05) is 50.4 Å². The highest BCUT2D eigenvalue weighted by Crippen LogP contribution is 2.27. The number of ether oxygens (including phenoxy) is 1. The van der Waals surface area contributed by atoms with Crippen LogP contribution in [0, 0.1) is 11.3 Å². The Bertz CT molecular complexity index is 756. The van der Waals surface area contributed by atoms with Crippen molar-refractivity contribution < 1.29 is 4.74 Å². The van der Waals surface area contributed by atoms with E-state index in [4.69, 9.17) is 4.74 Å². The van der Waals surface area contributed by atoms with E-state index in [1.54, 1.807) is 0 Å². The summed E-state index contributed by atoms with van der Waals surface area (Å²) in [5.41, 5.74) is 2.52. The minimum atomic E-state index is 0.420. The number of pyridine rings is 1. The smallest absolute Gasteiger partial charge is 0.143 e. The molecule has 124 valence electrons. The maximum Gasteiger partial charge on any atom is 0.143 e. The summed E-state index contributed by atoms with van der Waals surface area (Å²) in [6.07, 6.45) is 2.81. The minimum absolute atomic E-state index is 0.420. The van der Waals surface area contributed by atoms with Gasteiger partial charge in [-0.05, 0) is 25.0 Å². The van der Waals surface area contributed by atoms with Crippen molar-refractivity contribution in [2.45, 2.75) is 18.9 Å². The quantitative estimate of drug-likeness (QED) is 0.868. The van der Waals surface area contributed by atoms with Crippen LogP contribution in [0.3, 0.4) is 0 Å². The average Bonchev–Trinajstić information content (AvgIpc) is 3.14. The van der Waals surface area contributed by atoms with Crippen molar-refractivity contribution in [2.75, 3.05) is 44.2 Å². The number of piperazine rings is 1. The largest absolute Gasteiger partial charge is 0.377 e. The second kappa shape index (κ2) is 6.76. The van der Waals surface area contributed by atoms with E-state index < -0.39 is 0 Å². The van der Waals surface area contributed by atoms with Crippen LogP contribution < -0.4 is 4.90 Å².